The second kappa shape index (κ2) is 6.26. The second-order valence-corrected chi connectivity index (χ2v) is 5.06. The van der Waals surface area contributed by atoms with Gasteiger partial charge in [-0.2, -0.15) is 0 Å². The van der Waals surface area contributed by atoms with E-state index in [1.807, 2.05) is 0 Å². The third kappa shape index (κ3) is 3.81. The lowest BCUT2D eigenvalue weighted by atomic mass is 10.1. The van der Waals surface area contributed by atoms with Crippen molar-refractivity contribution in [3.63, 3.8) is 0 Å². The van der Waals surface area contributed by atoms with Crippen LogP contribution in [0.25, 0.3) is 0 Å². The Hall–Kier alpha value is -1.89. The van der Waals surface area contributed by atoms with Gasteiger partial charge in [-0.1, -0.05) is 6.07 Å². The van der Waals surface area contributed by atoms with Gasteiger partial charge in [0.15, 0.2) is 0 Å². The van der Waals surface area contributed by atoms with Crippen molar-refractivity contribution >= 4 is 27.5 Å². The number of halogens is 5. The van der Waals surface area contributed by atoms with Gasteiger partial charge in [0, 0.05) is 12.1 Å². The van der Waals surface area contributed by atoms with Crippen LogP contribution in [0.2, 0.25) is 0 Å². The molecule has 2 aromatic carbocycles. The van der Waals surface area contributed by atoms with Crippen molar-refractivity contribution in [3.8, 4) is 0 Å². The van der Waals surface area contributed by atoms with Gasteiger partial charge in [-0.25, -0.2) is 17.6 Å². The monoisotopic (exact) mass is 361 g/mol. The van der Waals surface area contributed by atoms with E-state index in [2.05, 4.69) is 21.2 Å². The summed E-state index contributed by atoms with van der Waals surface area (Å²) >= 11 is 2.80. The number of nitrogens with one attached hydrogen (secondary N) is 1. The SMILES string of the molecule is O=C(Cc1ccc(F)cc1F)Nc1cc(F)c(Br)cc1F. The van der Waals surface area contributed by atoms with Crippen molar-refractivity contribution in [1.29, 1.82) is 0 Å². The molecule has 110 valence electrons. The lowest BCUT2D eigenvalue weighted by molar-refractivity contribution is -0.115. The summed E-state index contributed by atoms with van der Waals surface area (Å²) in [5, 5.41) is 2.13. The fraction of sp³-hybridized carbons (Fsp3) is 0.0714. The molecule has 1 N–H and O–H groups in total. The van der Waals surface area contributed by atoms with E-state index in [4.69, 9.17) is 0 Å². The van der Waals surface area contributed by atoms with Gasteiger partial charge >= 0.3 is 0 Å². The second-order valence-electron chi connectivity index (χ2n) is 4.21. The van der Waals surface area contributed by atoms with Gasteiger partial charge in [-0.05, 0) is 33.6 Å². The molecule has 0 saturated heterocycles. The van der Waals surface area contributed by atoms with E-state index < -0.39 is 35.6 Å². The third-order valence-electron chi connectivity index (χ3n) is 2.65. The zero-order valence-corrected chi connectivity index (χ0v) is 12.0. The normalized spacial score (nSPS) is 10.5. The van der Waals surface area contributed by atoms with Crippen LogP contribution >= 0.6 is 15.9 Å². The van der Waals surface area contributed by atoms with Gasteiger partial charge in [-0.3, -0.25) is 4.79 Å². The summed E-state index contributed by atoms with van der Waals surface area (Å²) < 4.78 is 52.8. The van der Waals surface area contributed by atoms with Crippen molar-refractivity contribution in [1.82, 2.24) is 0 Å². The van der Waals surface area contributed by atoms with Crippen LogP contribution in [0.15, 0.2) is 34.8 Å². The van der Waals surface area contributed by atoms with Gasteiger partial charge in [0.1, 0.15) is 23.3 Å². The average Bonchev–Trinajstić information content (AvgIpc) is 2.39. The summed E-state index contributed by atoms with van der Waals surface area (Å²) in [4.78, 5) is 11.7. The van der Waals surface area contributed by atoms with Crippen LogP contribution < -0.4 is 5.32 Å². The number of rotatable bonds is 3. The van der Waals surface area contributed by atoms with Gasteiger partial charge in [0.2, 0.25) is 5.91 Å². The highest BCUT2D eigenvalue weighted by Gasteiger charge is 2.13. The number of hydrogen-bond donors (Lipinski definition) is 1. The maximum absolute atomic E-state index is 13.5. The summed E-state index contributed by atoms with van der Waals surface area (Å²) in [6.07, 6.45) is -0.427. The molecule has 0 bridgehead atoms. The molecule has 2 nitrogen and oxygen atoms in total. The molecule has 0 aliphatic rings. The minimum atomic E-state index is -0.882. The first-order valence-corrected chi connectivity index (χ1v) is 6.54. The van der Waals surface area contributed by atoms with Crippen molar-refractivity contribution in [2.24, 2.45) is 0 Å². The molecule has 0 radical (unpaired) electrons. The summed E-state index contributed by atoms with van der Waals surface area (Å²) in [5.74, 6) is -3.98. The number of benzene rings is 2. The Balaban J connectivity index is 2.13. The number of anilines is 1. The number of carbonyl (C=O) groups is 1. The Morgan fingerprint density at radius 2 is 1.71 bits per heavy atom. The van der Waals surface area contributed by atoms with Crippen molar-refractivity contribution < 1.29 is 22.4 Å². The van der Waals surface area contributed by atoms with Crippen LogP contribution in [-0.2, 0) is 11.2 Å². The maximum Gasteiger partial charge on any atom is 0.228 e. The smallest absolute Gasteiger partial charge is 0.228 e. The van der Waals surface area contributed by atoms with E-state index in [1.54, 1.807) is 0 Å². The molecule has 21 heavy (non-hydrogen) atoms. The predicted octanol–water partition coefficient (Wildman–Crippen LogP) is 4.19. The molecule has 0 atom stereocenters. The minimum Gasteiger partial charge on any atom is -0.323 e. The molecule has 0 fully saturated rings. The molecule has 2 aromatic rings. The predicted molar refractivity (Wildman–Crippen MR) is 72.7 cm³/mol. The number of carbonyl (C=O) groups excluding carboxylic acids is 1. The molecule has 0 aliphatic carbocycles. The Morgan fingerprint density at radius 3 is 2.38 bits per heavy atom. The average molecular weight is 362 g/mol. The summed E-state index contributed by atoms with van der Waals surface area (Å²) in [6, 6.07) is 4.43. The fourth-order valence-corrected chi connectivity index (χ4v) is 1.97. The fourth-order valence-electron chi connectivity index (χ4n) is 1.65. The molecule has 0 heterocycles. The summed E-state index contributed by atoms with van der Waals surface area (Å²) in [6.45, 7) is 0. The first-order valence-electron chi connectivity index (χ1n) is 5.75. The quantitative estimate of drug-likeness (QED) is 0.644. The molecular formula is C14H8BrF4NO. The zero-order chi connectivity index (χ0) is 15.6. The lowest BCUT2D eigenvalue weighted by Gasteiger charge is -2.08. The van der Waals surface area contributed by atoms with Crippen LogP contribution in [0.4, 0.5) is 23.2 Å². The van der Waals surface area contributed by atoms with Crippen LogP contribution in [-0.4, -0.2) is 5.91 Å². The molecule has 1 amide bonds. The van der Waals surface area contributed by atoms with Crippen LogP contribution in [0.5, 0.6) is 0 Å². The minimum absolute atomic E-state index is 0.0492. The highest BCUT2D eigenvalue weighted by molar-refractivity contribution is 9.10. The largest absolute Gasteiger partial charge is 0.323 e. The molecule has 7 heteroatoms. The summed E-state index contributed by atoms with van der Waals surface area (Å²) in [5.41, 5.74) is -0.407. The molecule has 2 rings (SSSR count). The van der Waals surface area contributed by atoms with Crippen molar-refractivity contribution in [3.05, 3.63) is 63.6 Å². The van der Waals surface area contributed by atoms with Crippen LogP contribution in [0.1, 0.15) is 5.56 Å². The molecule has 0 saturated carbocycles. The lowest BCUT2D eigenvalue weighted by Crippen LogP contribution is -2.16. The van der Waals surface area contributed by atoms with E-state index in [0.29, 0.717) is 6.07 Å². The molecule has 0 unspecified atom stereocenters. The summed E-state index contributed by atoms with van der Waals surface area (Å²) in [7, 11) is 0. The standard InChI is InChI=1S/C14H8BrF4NO/c15-9-5-12(19)13(6-11(9)18)20-14(21)3-7-1-2-8(16)4-10(7)17/h1-2,4-6H,3H2,(H,20,21). The molecular weight excluding hydrogens is 354 g/mol. The highest BCUT2D eigenvalue weighted by Crippen LogP contribution is 2.23. The highest BCUT2D eigenvalue weighted by atomic mass is 79.9. The van der Waals surface area contributed by atoms with E-state index in [0.717, 1.165) is 24.3 Å². The van der Waals surface area contributed by atoms with E-state index in [9.17, 15) is 22.4 Å². The number of amides is 1. The Labute approximate surface area is 125 Å². The van der Waals surface area contributed by atoms with Gasteiger partial charge < -0.3 is 5.32 Å². The van der Waals surface area contributed by atoms with Gasteiger partial charge in [0.05, 0.1) is 16.6 Å². The first kappa shape index (κ1) is 15.5. The van der Waals surface area contributed by atoms with Gasteiger partial charge in [-0.15, -0.1) is 0 Å². The van der Waals surface area contributed by atoms with E-state index >= 15 is 0 Å². The van der Waals surface area contributed by atoms with Crippen molar-refractivity contribution in [2.75, 3.05) is 5.32 Å². The maximum atomic E-state index is 13.5. The van der Waals surface area contributed by atoms with Crippen molar-refractivity contribution in [2.45, 2.75) is 6.42 Å². The van der Waals surface area contributed by atoms with E-state index in [1.165, 1.54) is 0 Å². The Morgan fingerprint density at radius 1 is 1.00 bits per heavy atom. The molecule has 0 aliphatic heterocycles. The topological polar surface area (TPSA) is 29.1 Å². The Bertz CT molecular complexity index is 706. The molecule has 0 aromatic heterocycles. The van der Waals surface area contributed by atoms with Gasteiger partial charge in [0.25, 0.3) is 0 Å². The van der Waals surface area contributed by atoms with E-state index in [-0.39, 0.29) is 15.7 Å². The first-order chi connectivity index (χ1) is 9.86. The molecule has 0 spiro atoms. The Kier molecular flexibility index (Phi) is 4.62. The van der Waals surface area contributed by atoms with Crippen LogP contribution in [0.3, 0.4) is 0 Å². The number of hydrogen-bond acceptors (Lipinski definition) is 1. The zero-order valence-electron chi connectivity index (χ0n) is 10.4. The third-order valence-corrected chi connectivity index (χ3v) is 3.26. The van der Waals surface area contributed by atoms with Crippen LogP contribution in [0, 0.1) is 23.3 Å².